The van der Waals surface area contributed by atoms with Gasteiger partial charge >= 0.3 is 0 Å². The monoisotopic (exact) mass is 271 g/mol. The van der Waals surface area contributed by atoms with E-state index in [-0.39, 0.29) is 12.0 Å². The highest BCUT2D eigenvalue weighted by molar-refractivity contribution is 7.99. The molecular weight excluding hydrogens is 254 g/mol. The van der Waals surface area contributed by atoms with Crippen molar-refractivity contribution < 1.29 is 9.53 Å². The van der Waals surface area contributed by atoms with Crippen LogP contribution >= 0.6 is 23.1 Å². The molecule has 1 atom stereocenters. The summed E-state index contributed by atoms with van der Waals surface area (Å²) < 4.78 is 5.45. The molecule has 0 bridgehead atoms. The number of hydrogen-bond acceptors (Lipinski definition) is 4. The predicted molar refractivity (Wildman–Crippen MR) is 72.5 cm³/mol. The van der Waals surface area contributed by atoms with E-state index in [1.165, 1.54) is 4.88 Å². The van der Waals surface area contributed by atoms with Crippen LogP contribution < -0.4 is 5.32 Å². The van der Waals surface area contributed by atoms with Crippen molar-refractivity contribution in [3.05, 3.63) is 22.4 Å². The van der Waals surface area contributed by atoms with Gasteiger partial charge in [-0.1, -0.05) is 6.07 Å². The summed E-state index contributed by atoms with van der Waals surface area (Å²) in [4.78, 5) is 12.9. The Morgan fingerprint density at radius 1 is 1.65 bits per heavy atom. The van der Waals surface area contributed by atoms with Crippen molar-refractivity contribution in [1.29, 1.82) is 0 Å². The summed E-state index contributed by atoms with van der Waals surface area (Å²) >= 11 is 3.39. The second-order valence-corrected chi connectivity index (χ2v) is 6.03. The largest absolute Gasteiger partial charge is 0.376 e. The summed E-state index contributed by atoms with van der Waals surface area (Å²) in [5.74, 6) is 1.57. The van der Waals surface area contributed by atoms with Gasteiger partial charge in [0.25, 0.3) is 0 Å². The molecular formula is C12H17NO2S2. The van der Waals surface area contributed by atoms with Crippen molar-refractivity contribution in [2.45, 2.75) is 24.7 Å². The lowest BCUT2D eigenvalue weighted by molar-refractivity contribution is -0.119. The van der Waals surface area contributed by atoms with E-state index in [0.29, 0.717) is 12.3 Å². The van der Waals surface area contributed by atoms with Crippen LogP contribution in [0, 0.1) is 0 Å². The minimum atomic E-state index is 0.113. The fraction of sp³-hybridized carbons (Fsp3) is 0.583. The molecule has 1 aromatic heterocycles. The first-order valence-corrected chi connectivity index (χ1v) is 7.86. The molecule has 1 aromatic rings. The van der Waals surface area contributed by atoms with E-state index < -0.39 is 0 Å². The van der Waals surface area contributed by atoms with Crippen molar-refractivity contribution in [3.8, 4) is 0 Å². The van der Waals surface area contributed by atoms with E-state index in [9.17, 15) is 4.79 Å². The van der Waals surface area contributed by atoms with Gasteiger partial charge in [-0.15, -0.1) is 23.1 Å². The second kappa shape index (κ2) is 7.03. The van der Waals surface area contributed by atoms with E-state index in [1.807, 2.05) is 6.07 Å². The summed E-state index contributed by atoms with van der Waals surface area (Å²) in [6.07, 6.45) is 2.43. The van der Waals surface area contributed by atoms with Gasteiger partial charge in [-0.25, -0.2) is 0 Å². The third-order valence-corrected chi connectivity index (χ3v) is 4.65. The molecule has 1 N–H and O–H groups in total. The second-order valence-electron chi connectivity index (χ2n) is 4.01. The zero-order valence-electron chi connectivity index (χ0n) is 9.69. The van der Waals surface area contributed by atoms with Gasteiger partial charge in [0.15, 0.2) is 0 Å². The number of thioether (sulfide) groups is 1. The topological polar surface area (TPSA) is 38.3 Å². The Kier molecular flexibility index (Phi) is 5.35. The molecule has 5 heteroatoms. The number of amides is 1. The third-order valence-electron chi connectivity index (χ3n) is 2.61. The van der Waals surface area contributed by atoms with Gasteiger partial charge in [-0.3, -0.25) is 4.79 Å². The van der Waals surface area contributed by atoms with E-state index in [2.05, 4.69) is 16.8 Å². The maximum absolute atomic E-state index is 11.5. The molecule has 1 fully saturated rings. The van der Waals surface area contributed by atoms with E-state index in [1.54, 1.807) is 23.1 Å². The summed E-state index contributed by atoms with van der Waals surface area (Å²) in [5.41, 5.74) is 0. The predicted octanol–water partition coefficient (Wildman–Crippen LogP) is 2.28. The molecule has 0 aromatic carbocycles. The van der Waals surface area contributed by atoms with E-state index >= 15 is 0 Å². The van der Waals surface area contributed by atoms with Gasteiger partial charge in [0.05, 0.1) is 11.9 Å². The minimum absolute atomic E-state index is 0.113. The van der Waals surface area contributed by atoms with Gasteiger partial charge in [0, 0.05) is 23.8 Å². The Labute approximate surface area is 110 Å². The Morgan fingerprint density at radius 2 is 2.59 bits per heavy atom. The Balaban J connectivity index is 1.54. The standard InChI is InChI=1S/C12H17NO2S2/c14-12(13-7-10-3-1-5-15-10)9-16-8-11-4-2-6-17-11/h2,4,6,10H,1,3,5,7-9H2,(H,13,14)/t10-/m0/s1. The molecule has 1 aliphatic heterocycles. The molecule has 0 radical (unpaired) electrons. The normalized spacial score (nSPS) is 19.4. The number of carbonyl (C=O) groups is 1. The smallest absolute Gasteiger partial charge is 0.230 e. The Bertz CT molecular complexity index is 334. The molecule has 2 heterocycles. The average molecular weight is 271 g/mol. The maximum atomic E-state index is 11.5. The molecule has 2 rings (SSSR count). The van der Waals surface area contributed by atoms with Crippen LogP contribution in [0.25, 0.3) is 0 Å². The van der Waals surface area contributed by atoms with Crippen molar-refractivity contribution in [2.75, 3.05) is 18.9 Å². The lowest BCUT2D eigenvalue weighted by Crippen LogP contribution is -2.32. The van der Waals surface area contributed by atoms with Gasteiger partial charge in [0.2, 0.25) is 5.91 Å². The average Bonchev–Trinajstić information content (AvgIpc) is 2.99. The van der Waals surface area contributed by atoms with Crippen LogP contribution in [-0.2, 0) is 15.3 Å². The molecule has 0 spiro atoms. The highest BCUT2D eigenvalue weighted by Gasteiger charge is 2.15. The first-order chi connectivity index (χ1) is 8.34. The van der Waals surface area contributed by atoms with Crippen LogP contribution in [0.5, 0.6) is 0 Å². The highest BCUT2D eigenvalue weighted by Crippen LogP contribution is 2.16. The summed E-state index contributed by atoms with van der Waals surface area (Å²) in [5, 5.41) is 4.99. The molecule has 0 saturated carbocycles. The zero-order chi connectivity index (χ0) is 11.9. The van der Waals surface area contributed by atoms with Gasteiger partial charge in [-0.05, 0) is 24.3 Å². The van der Waals surface area contributed by atoms with E-state index in [0.717, 1.165) is 25.2 Å². The summed E-state index contributed by atoms with van der Waals surface area (Å²) in [7, 11) is 0. The summed E-state index contributed by atoms with van der Waals surface area (Å²) in [6.45, 7) is 1.51. The van der Waals surface area contributed by atoms with Crippen LogP contribution in [0.3, 0.4) is 0 Å². The lowest BCUT2D eigenvalue weighted by Gasteiger charge is -2.10. The molecule has 0 aliphatic carbocycles. The number of hydrogen-bond donors (Lipinski definition) is 1. The van der Waals surface area contributed by atoms with Crippen LogP contribution in [-0.4, -0.2) is 30.9 Å². The van der Waals surface area contributed by atoms with Crippen LogP contribution in [0.2, 0.25) is 0 Å². The maximum Gasteiger partial charge on any atom is 0.230 e. The SMILES string of the molecule is O=C(CSCc1cccs1)NC[C@@H]1CCCO1. The lowest BCUT2D eigenvalue weighted by atomic mass is 10.2. The molecule has 1 aliphatic rings. The zero-order valence-corrected chi connectivity index (χ0v) is 11.3. The molecule has 94 valence electrons. The Hall–Kier alpha value is -0.520. The van der Waals surface area contributed by atoms with Gasteiger partial charge in [-0.2, -0.15) is 0 Å². The number of thiophene rings is 1. The molecule has 1 amide bonds. The van der Waals surface area contributed by atoms with Crippen molar-refractivity contribution in [3.63, 3.8) is 0 Å². The summed E-state index contributed by atoms with van der Waals surface area (Å²) in [6, 6.07) is 4.14. The highest BCUT2D eigenvalue weighted by atomic mass is 32.2. The van der Waals surface area contributed by atoms with Crippen LogP contribution in [0.1, 0.15) is 17.7 Å². The number of rotatable bonds is 6. The first kappa shape index (κ1) is 12.9. The quantitative estimate of drug-likeness (QED) is 0.862. The molecule has 1 saturated heterocycles. The van der Waals surface area contributed by atoms with Crippen molar-refractivity contribution in [1.82, 2.24) is 5.32 Å². The van der Waals surface area contributed by atoms with Gasteiger partial charge in [0.1, 0.15) is 0 Å². The van der Waals surface area contributed by atoms with E-state index in [4.69, 9.17) is 4.74 Å². The van der Waals surface area contributed by atoms with Crippen molar-refractivity contribution in [2.24, 2.45) is 0 Å². The molecule has 3 nitrogen and oxygen atoms in total. The number of carbonyl (C=O) groups excluding carboxylic acids is 1. The minimum Gasteiger partial charge on any atom is -0.376 e. The molecule has 0 unspecified atom stereocenters. The Morgan fingerprint density at radius 3 is 3.29 bits per heavy atom. The number of nitrogens with one attached hydrogen (secondary N) is 1. The fourth-order valence-electron chi connectivity index (χ4n) is 1.72. The van der Waals surface area contributed by atoms with Gasteiger partial charge < -0.3 is 10.1 Å². The number of ether oxygens (including phenoxy) is 1. The van der Waals surface area contributed by atoms with Crippen molar-refractivity contribution >= 4 is 29.0 Å². The first-order valence-electron chi connectivity index (χ1n) is 5.83. The van der Waals surface area contributed by atoms with Crippen LogP contribution in [0.4, 0.5) is 0 Å². The third kappa shape index (κ3) is 4.69. The van der Waals surface area contributed by atoms with Crippen LogP contribution in [0.15, 0.2) is 17.5 Å². The fourth-order valence-corrected chi connectivity index (χ4v) is 3.42. The molecule has 17 heavy (non-hydrogen) atoms.